The van der Waals surface area contributed by atoms with Gasteiger partial charge >= 0.3 is 0 Å². The number of hydrogen-bond acceptors (Lipinski definition) is 6. The van der Waals surface area contributed by atoms with E-state index in [2.05, 4.69) is 9.97 Å². The Morgan fingerprint density at radius 3 is 2.69 bits per heavy atom. The third kappa shape index (κ3) is 2.75. The van der Waals surface area contributed by atoms with Crippen molar-refractivity contribution in [1.29, 1.82) is 0 Å². The van der Waals surface area contributed by atoms with Gasteiger partial charge in [0, 0.05) is 37.7 Å². The molecule has 1 aromatic carbocycles. The van der Waals surface area contributed by atoms with Crippen LogP contribution in [-0.2, 0) is 23.0 Å². The lowest BCUT2D eigenvalue weighted by molar-refractivity contribution is 0.365. The average molecular weight is 372 g/mol. The fraction of sp³-hybridized carbons (Fsp3) is 0.333. The highest BCUT2D eigenvalue weighted by atomic mass is 32.2. The Balaban J connectivity index is 1.72. The van der Waals surface area contributed by atoms with Gasteiger partial charge in [0.2, 0.25) is 5.09 Å². The summed E-state index contributed by atoms with van der Waals surface area (Å²) >= 11 is 0. The molecule has 0 unspecified atom stereocenters. The number of rotatable bonds is 3. The van der Waals surface area contributed by atoms with E-state index in [0.29, 0.717) is 24.4 Å². The number of nitrogens with zero attached hydrogens (tertiary/aromatic N) is 4. The maximum atomic E-state index is 13.0. The molecule has 3 heterocycles. The van der Waals surface area contributed by atoms with Crippen molar-refractivity contribution in [2.75, 3.05) is 25.5 Å². The van der Waals surface area contributed by atoms with Gasteiger partial charge in [0.25, 0.3) is 10.0 Å². The molecule has 26 heavy (non-hydrogen) atoms. The maximum absolute atomic E-state index is 13.0. The van der Waals surface area contributed by atoms with Crippen LogP contribution in [0.2, 0.25) is 0 Å². The zero-order valence-corrected chi connectivity index (χ0v) is 15.7. The van der Waals surface area contributed by atoms with Crippen molar-refractivity contribution in [1.82, 2.24) is 14.3 Å². The fourth-order valence-electron chi connectivity index (χ4n) is 3.29. The molecule has 0 radical (unpaired) electrons. The van der Waals surface area contributed by atoms with Crippen molar-refractivity contribution in [3.05, 3.63) is 47.4 Å². The van der Waals surface area contributed by atoms with Gasteiger partial charge in [0.15, 0.2) is 0 Å². The number of furan rings is 1. The fourth-order valence-corrected chi connectivity index (χ4v) is 4.64. The lowest BCUT2D eigenvalue weighted by Gasteiger charge is -2.29. The molecule has 1 aliphatic rings. The number of aromatic nitrogens is 2. The van der Waals surface area contributed by atoms with Gasteiger partial charge < -0.3 is 9.32 Å². The summed E-state index contributed by atoms with van der Waals surface area (Å²) in [5.41, 5.74) is 2.33. The Hall–Kier alpha value is -2.45. The molecule has 0 saturated heterocycles. The quantitative estimate of drug-likeness (QED) is 0.702. The van der Waals surface area contributed by atoms with Gasteiger partial charge in [-0.15, -0.1) is 0 Å². The van der Waals surface area contributed by atoms with E-state index in [1.54, 1.807) is 12.1 Å². The minimum absolute atomic E-state index is 0.0271. The second-order valence-corrected chi connectivity index (χ2v) is 8.47. The third-order valence-corrected chi connectivity index (χ3v) is 6.24. The van der Waals surface area contributed by atoms with Gasteiger partial charge in [-0.2, -0.15) is 4.31 Å². The van der Waals surface area contributed by atoms with E-state index in [4.69, 9.17) is 4.42 Å². The molecule has 2 aromatic heterocycles. The number of hydrogen-bond donors (Lipinski definition) is 0. The van der Waals surface area contributed by atoms with Crippen LogP contribution in [0.15, 0.2) is 39.8 Å². The van der Waals surface area contributed by atoms with Crippen molar-refractivity contribution in [3.63, 3.8) is 0 Å². The topological polar surface area (TPSA) is 79.5 Å². The van der Waals surface area contributed by atoms with E-state index in [9.17, 15) is 8.42 Å². The first-order chi connectivity index (χ1) is 12.4. The number of fused-ring (bicyclic) bond motifs is 2. The number of anilines is 1. The zero-order chi connectivity index (χ0) is 18.5. The zero-order valence-electron chi connectivity index (χ0n) is 14.9. The van der Waals surface area contributed by atoms with Crippen LogP contribution in [0.3, 0.4) is 0 Å². The summed E-state index contributed by atoms with van der Waals surface area (Å²) in [6.07, 6.45) is 0.572. The molecular weight excluding hydrogens is 352 g/mol. The maximum Gasteiger partial charge on any atom is 0.276 e. The molecule has 0 fully saturated rings. The Labute approximate surface area is 152 Å². The van der Waals surface area contributed by atoms with Crippen LogP contribution in [0, 0.1) is 6.92 Å². The van der Waals surface area contributed by atoms with Crippen LogP contribution in [-0.4, -0.2) is 43.3 Å². The molecule has 7 nitrogen and oxygen atoms in total. The highest BCUT2D eigenvalue weighted by Crippen LogP contribution is 2.30. The minimum atomic E-state index is -3.72. The normalized spacial score (nSPS) is 15.2. The SMILES string of the molecule is Cc1nc2c(c(N(C)C)n1)CCN(S(=O)(=O)c1cc3ccccc3o1)C2. The Bertz CT molecular complexity index is 1060. The Morgan fingerprint density at radius 1 is 1.19 bits per heavy atom. The largest absolute Gasteiger partial charge is 0.443 e. The van der Waals surface area contributed by atoms with Gasteiger partial charge in [-0.1, -0.05) is 18.2 Å². The van der Waals surface area contributed by atoms with Crippen molar-refractivity contribution in [2.45, 2.75) is 25.0 Å². The van der Waals surface area contributed by atoms with E-state index in [1.165, 1.54) is 4.31 Å². The van der Waals surface area contributed by atoms with Crippen molar-refractivity contribution in [3.8, 4) is 0 Å². The summed E-state index contributed by atoms with van der Waals surface area (Å²) < 4.78 is 33.1. The standard InChI is InChI=1S/C18H20N4O3S/c1-12-19-15-11-22(9-8-14(15)18(20-12)21(2)3)26(23,24)17-10-13-6-4-5-7-16(13)25-17/h4-7,10H,8-9,11H2,1-3H3. The summed E-state index contributed by atoms with van der Waals surface area (Å²) in [6, 6.07) is 8.86. The van der Waals surface area contributed by atoms with Crippen molar-refractivity contribution in [2.24, 2.45) is 0 Å². The molecule has 3 aromatic rings. The lowest BCUT2D eigenvalue weighted by Crippen LogP contribution is -2.37. The molecule has 4 rings (SSSR count). The number of para-hydroxylation sites is 1. The smallest absolute Gasteiger partial charge is 0.276 e. The predicted molar refractivity (Wildman–Crippen MR) is 98.6 cm³/mol. The second-order valence-electron chi connectivity index (χ2n) is 6.61. The average Bonchev–Trinajstić information content (AvgIpc) is 3.05. The molecule has 0 spiro atoms. The minimum Gasteiger partial charge on any atom is -0.443 e. The van der Waals surface area contributed by atoms with Gasteiger partial charge in [-0.25, -0.2) is 18.4 Å². The molecular formula is C18H20N4O3S. The van der Waals surface area contributed by atoms with Crippen LogP contribution in [0.1, 0.15) is 17.1 Å². The van der Waals surface area contributed by atoms with Crippen LogP contribution in [0.25, 0.3) is 11.0 Å². The molecule has 0 aliphatic carbocycles. The van der Waals surface area contributed by atoms with E-state index in [1.807, 2.05) is 44.1 Å². The first kappa shape index (κ1) is 17.0. The van der Waals surface area contributed by atoms with Crippen LogP contribution < -0.4 is 4.90 Å². The van der Waals surface area contributed by atoms with Crippen molar-refractivity contribution < 1.29 is 12.8 Å². The van der Waals surface area contributed by atoms with Crippen molar-refractivity contribution >= 4 is 26.8 Å². The van der Waals surface area contributed by atoms with Gasteiger partial charge in [-0.05, 0) is 19.4 Å². The number of benzene rings is 1. The second kappa shape index (κ2) is 6.07. The number of sulfonamides is 1. The van der Waals surface area contributed by atoms with Crippen LogP contribution in [0.5, 0.6) is 0 Å². The Morgan fingerprint density at radius 2 is 1.96 bits per heavy atom. The van der Waals surface area contributed by atoms with E-state index >= 15 is 0 Å². The molecule has 136 valence electrons. The van der Waals surface area contributed by atoms with Crippen LogP contribution in [0.4, 0.5) is 5.82 Å². The van der Waals surface area contributed by atoms with E-state index in [0.717, 1.165) is 22.5 Å². The van der Waals surface area contributed by atoms with Gasteiger partial charge in [0.1, 0.15) is 17.2 Å². The van der Waals surface area contributed by atoms with Gasteiger partial charge in [-0.3, -0.25) is 0 Å². The molecule has 0 N–H and O–H groups in total. The first-order valence-electron chi connectivity index (χ1n) is 8.39. The molecule has 0 amide bonds. The molecule has 1 aliphatic heterocycles. The molecule has 0 saturated carbocycles. The highest BCUT2D eigenvalue weighted by Gasteiger charge is 2.33. The highest BCUT2D eigenvalue weighted by molar-refractivity contribution is 7.89. The van der Waals surface area contributed by atoms with Crippen LogP contribution >= 0.6 is 0 Å². The van der Waals surface area contributed by atoms with E-state index < -0.39 is 10.0 Å². The summed E-state index contributed by atoms with van der Waals surface area (Å²) in [5.74, 6) is 1.49. The van der Waals surface area contributed by atoms with Gasteiger partial charge in [0.05, 0.1) is 12.2 Å². The van der Waals surface area contributed by atoms with E-state index in [-0.39, 0.29) is 11.6 Å². The third-order valence-electron chi connectivity index (χ3n) is 4.54. The molecule has 8 heteroatoms. The summed E-state index contributed by atoms with van der Waals surface area (Å²) in [6.45, 7) is 2.42. The summed E-state index contributed by atoms with van der Waals surface area (Å²) in [7, 11) is 0.140. The predicted octanol–water partition coefficient (Wildman–Crippen LogP) is 2.34. The molecule has 0 atom stereocenters. The lowest BCUT2D eigenvalue weighted by atomic mass is 10.1. The summed E-state index contributed by atoms with van der Waals surface area (Å²) in [5, 5.41) is 0.748. The Kier molecular flexibility index (Phi) is 3.96. The number of aryl methyl sites for hydroxylation is 1. The monoisotopic (exact) mass is 372 g/mol. The summed E-state index contributed by atoms with van der Waals surface area (Å²) in [4.78, 5) is 10.9. The first-order valence-corrected chi connectivity index (χ1v) is 9.83. The molecule has 0 bridgehead atoms.